The first-order valence-electron chi connectivity index (χ1n) is 6.75. The predicted octanol–water partition coefficient (Wildman–Crippen LogP) is 2.83. The van der Waals surface area contributed by atoms with Crippen LogP contribution in [0.15, 0.2) is 6.20 Å². The highest BCUT2D eigenvalue weighted by molar-refractivity contribution is 6.28. The van der Waals surface area contributed by atoms with E-state index in [2.05, 4.69) is 27.5 Å². The van der Waals surface area contributed by atoms with Crippen LogP contribution >= 0.6 is 11.6 Å². The van der Waals surface area contributed by atoms with Crippen molar-refractivity contribution in [1.29, 1.82) is 0 Å². The number of hydrogen-bond donors (Lipinski definition) is 2. The number of rotatable bonds is 1. The predicted molar refractivity (Wildman–Crippen MR) is 74.3 cm³/mol. The average Bonchev–Trinajstić information content (AvgIpc) is 2.41. The van der Waals surface area contributed by atoms with Crippen LogP contribution in [0.25, 0.3) is 0 Å². The van der Waals surface area contributed by atoms with Crippen LogP contribution < -0.4 is 10.6 Å². The van der Waals surface area contributed by atoms with Gasteiger partial charge in [-0.05, 0) is 43.2 Å². The minimum Gasteiger partial charge on any atom is -0.354 e. The smallest absolute Gasteiger partial charge is 0.250 e. The van der Waals surface area contributed by atoms with Crippen LogP contribution in [-0.4, -0.2) is 21.4 Å². The minimum absolute atomic E-state index is 0.0282. The summed E-state index contributed by atoms with van der Waals surface area (Å²) in [7, 11) is 0. The van der Waals surface area contributed by atoms with Gasteiger partial charge in [0.25, 0.3) is 0 Å². The number of carbonyl (C=O) groups excluding carboxylic acids is 1. The van der Waals surface area contributed by atoms with E-state index in [4.69, 9.17) is 11.6 Å². The standard InChI is InChI=1S/C13H17ClN4O/c1-2-8-3-5-13(6-4-8)11(19)16-9-7-15-12(14)17-10(9)18-13/h7-8H,2-6H2,1H3,(H,16,19)(H,15,17,18). The molecule has 0 bridgehead atoms. The Bertz CT molecular complexity index is 511. The summed E-state index contributed by atoms with van der Waals surface area (Å²) in [4.78, 5) is 20.4. The molecule has 6 heteroatoms. The molecule has 2 N–H and O–H groups in total. The van der Waals surface area contributed by atoms with E-state index >= 15 is 0 Å². The van der Waals surface area contributed by atoms with Crippen molar-refractivity contribution < 1.29 is 4.79 Å². The van der Waals surface area contributed by atoms with Crippen molar-refractivity contribution in [2.24, 2.45) is 5.92 Å². The second-order valence-electron chi connectivity index (χ2n) is 5.41. The van der Waals surface area contributed by atoms with Crippen LogP contribution in [0.2, 0.25) is 5.28 Å². The van der Waals surface area contributed by atoms with E-state index in [0.717, 1.165) is 31.6 Å². The summed E-state index contributed by atoms with van der Waals surface area (Å²) in [6.45, 7) is 2.21. The molecule has 5 nitrogen and oxygen atoms in total. The van der Waals surface area contributed by atoms with Gasteiger partial charge in [-0.15, -0.1) is 0 Å². The van der Waals surface area contributed by atoms with Crippen LogP contribution in [0.5, 0.6) is 0 Å². The van der Waals surface area contributed by atoms with Gasteiger partial charge in [-0.3, -0.25) is 4.79 Å². The number of aromatic nitrogens is 2. The Morgan fingerprint density at radius 1 is 1.47 bits per heavy atom. The molecule has 1 aliphatic carbocycles. The number of nitrogens with zero attached hydrogens (tertiary/aromatic N) is 2. The van der Waals surface area contributed by atoms with Crippen LogP contribution in [-0.2, 0) is 4.79 Å². The first-order chi connectivity index (χ1) is 9.13. The second-order valence-corrected chi connectivity index (χ2v) is 5.75. The molecular formula is C13H17ClN4O. The quantitative estimate of drug-likeness (QED) is 0.776. The molecular weight excluding hydrogens is 264 g/mol. The third-order valence-corrected chi connectivity index (χ3v) is 4.52. The van der Waals surface area contributed by atoms with Gasteiger partial charge in [0.2, 0.25) is 11.2 Å². The van der Waals surface area contributed by atoms with Crippen molar-refractivity contribution in [3.8, 4) is 0 Å². The van der Waals surface area contributed by atoms with Gasteiger partial charge in [0.05, 0.1) is 6.20 Å². The molecule has 0 radical (unpaired) electrons. The molecule has 1 saturated carbocycles. The van der Waals surface area contributed by atoms with Gasteiger partial charge in [-0.25, -0.2) is 4.98 Å². The highest BCUT2D eigenvalue weighted by Crippen LogP contribution is 2.40. The molecule has 0 atom stereocenters. The fourth-order valence-corrected chi connectivity index (χ4v) is 3.14. The molecule has 1 aromatic rings. The Morgan fingerprint density at radius 3 is 2.89 bits per heavy atom. The third kappa shape index (κ3) is 2.16. The van der Waals surface area contributed by atoms with Gasteiger partial charge in [0.1, 0.15) is 11.2 Å². The first kappa shape index (κ1) is 12.7. The number of nitrogens with one attached hydrogen (secondary N) is 2. The summed E-state index contributed by atoms with van der Waals surface area (Å²) in [6, 6.07) is 0. The molecule has 0 saturated heterocycles. The van der Waals surface area contributed by atoms with E-state index in [1.165, 1.54) is 6.42 Å². The Hall–Kier alpha value is -1.36. The van der Waals surface area contributed by atoms with Gasteiger partial charge in [-0.1, -0.05) is 13.3 Å². The molecule has 19 heavy (non-hydrogen) atoms. The maximum Gasteiger partial charge on any atom is 0.250 e. The van der Waals surface area contributed by atoms with Crippen molar-refractivity contribution in [2.75, 3.05) is 10.6 Å². The number of halogens is 1. The number of fused-ring (bicyclic) bond motifs is 1. The van der Waals surface area contributed by atoms with Gasteiger partial charge in [0.15, 0.2) is 5.82 Å². The number of amides is 1. The highest BCUT2D eigenvalue weighted by atomic mass is 35.5. The van der Waals surface area contributed by atoms with Crippen LogP contribution in [0, 0.1) is 5.92 Å². The molecule has 0 aromatic carbocycles. The molecule has 2 aliphatic rings. The van der Waals surface area contributed by atoms with E-state index in [9.17, 15) is 4.79 Å². The summed E-state index contributed by atoms with van der Waals surface area (Å²) < 4.78 is 0. The van der Waals surface area contributed by atoms with E-state index in [-0.39, 0.29) is 11.2 Å². The van der Waals surface area contributed by atoms with Crippen molar-refractivity contribution >= 4 is 29.0 Å². The first-order valence-corrected chi connectivity index (χ1v) is 7.13. The third-order valence-electron chi connectivity index (χ3n) is 4.34. The SMILES string of the molecule is CCC1CCC2(CC1)Nc1nc(Cl)ncc1NC2=O. The molecule has 1 fully saturated rings. The van der Waals surface area contributed by atoms with E-state index in [1.54, 1.807) is 6.20 Å². The van der Waals surface area contributed by atoms with Gasteiger partial charge in [0, 0.05) is 0 Å². The van der Waals surface area contributed by atoms with Gasteiger partial charge < -0.3 is 10.6 Å². The largest absolute Gasteiger partial charge is 0.354 e. The number of anilines is 2. The van der Waals surface area contributed by atoms with Crippen LogP contribution in [0.4, 0.5) is 11.5 Å². The molecule has 1 amide bonds. The Balaban J connectivity index is 1.87. The lowest BCUT2D eigenvalue weighted by Gasteiger charge is -2.42. The zero-order valence-electron chi connectivity index (χ0n) is 10.9. The van der Waals surface area contributed by atoms with Crippen LogP contribution in [0.3, 0.4) is 0 Å². The van der Waals surface area contributed by atoms with E-state index in [1.807, 2.05) is 0 Å². The van der Waals surface area contributed by atoms with Gasteiger partial charge in [-0.2, -0.15) is 4.98 Å². The van der Waals surface area contributed by atoms with E-state index < -0.39 is 5.54 Å². The number of carbonyl (C=O) groups is 1. The van der Waals surface area contributed by atoms with Crippen molar-refractivity contribution in [2.45, 2.75) is 44.6 Å². The normalized spacial score (nSPS) is 29.6. The maximum atomic E-state index is 12.4. The second kappa shape index (κ2) is 4.63. The molecule has 1 spiro atoms. The lowest BCUT2D eigenvalue weighted by Crippen LogP contribution is -2.54. The minimum atomic E-state index is -0.518. The molecule has 1 aromatic heterocycles. The highest BCUT2D eigenvalue weighted by Gasteiger charge is 2.44. The average molecular weight is 281 g/mol. The topological polar surface area (TPSA) is 66.9 Å². The summed E-state index contributed by atoms with van der Waals surface area (Å²) in [5, 5.41) is 6.39. The van der Waals surface area contributed by atoms with Crippen molar-refractivity contribution in [3.63, 3.8) is 0 Å². The molecule has 2 heterocycles. The summed E-state index contributed by atoms with van der Waals surface area (Å²) in [6.07, 6.45) is 6.56. The lowest BCUT2D eigenvalue weighted by molar-refractivity contribution is -0.121. The zero-order chi connectivity index (χ0) is 13.5. The monoisotopic (exact) mass is 280 g/mol. The fourth-order valence-electron chi connectivity index (χ4n) is 3.00. The summed E-state index contributed by atoms with van der Waals surface area (Å²) >= 11 is 5.81. The fraction of sp³-hybridized carbons (Fsp3) is 0.615. The van der Waals surface area contributed by atoms with Gasteiger partial charge >= 0.3 is 0 Å². The summed E-state index contributed by atoms with van der Waals surface area (Å²) in [5.74, 6) is 1.39. The summed E-state index contributed by atoms with van der Waals surface area (Å²) in [5.41, 5.74) is 0.0914. The van der Waals surface area contributed by atoms with E-state index in [0.29, 0.717) is 11.5 Å². The van der Waals surface area contributed by atoms with Crippen molar-refractivity contribution in [1.82, 2.24) is 9.97 Å². The Morgan fingerprint density at radius 2 is 2.21 bits per heavy atom. The van der Waals surface area contributed by atoms with Crippen molar-refractivity contribution in [3.05, 3.63) is 11.5 Å². The van der Waals surface area contributed by atoms with Crippen LogP contribution in [0.1, 0.15) is 39.0 Å². The molecule has 3 rings (SSSR count). The lowest BCUT2D eigenvalue weighted by atomic mass is 9.74. The molecule has 1 aliphatic heterocycles. The molecule has 0 unspecified atom stereocenters. The Kier molecular flexibility index (Phi) is 3.09. The number of hydrogen-bond acceptors (Lipinski definition) is 4. The zero-order valence-corrected chi connectivity index (χ0v) is 11.6. The Labute approximate surface area is 117 Å². The maximum absolute atomic E-state index is 12.4. The molecule has 102 valence electrons.